The van der Waals surface area contributed by atoms with Crippen LogP contribution in [0.25, 0.3) is 0 Å². The number of methoxy groups -OCH3 is 1. The number of hydrogen-bond donors (Lipinski definition) is 2. The van der Waals surface area contributed by atoms with E-state index >= 15 is 0 Å². The number of hydrogen-bond acceptors (Lipinski definition) is 4. The Hall–Kier alpha value is -1.22. The van der Waals surface area contributed by atoms with E-state index in [0.29, 0.717) is 0 Å². The minimum Gasteiger partial charge on any atom is -0.495 e. The van der Waals surface area contributed by atoms with Gasteiger partial charge in [0.05, 0.1) is 12.7 Å². The summed E-state index contributed by atoms with van der Waals surface area (Å²) < 4.78 is 4.88. The SMILES string of the molecule is COc1cc(B(O)O)c(Cl)cc1C#N. The molecule has 0 bridgehead atoms. The van der Waals surface area contributed by atoms with Crippen LogP contribution in [0.15, 0.2) is 12.1 Å². The van der Waals surface area contributed by atoms with Crippen LogP contribution in [-0.4, -0.2) is 24.3 Å². The Balaban J connectivity index is 3.32. The predicted molar refractivity (Wildman–Crippen MR) is 52.5 cm³/mol. The van der Waals surface area contributed by atoms with Crippen LogP contribution in [0.1, 0.15) is 5.56 Å². The number of benzene rings is 1. The summed E-state index contributed by atoms with van der Waals surface area (Å²) in [4.78, 5) is 0. The van der Waals surface area contributed by atoms with Gasteiger partial charge in [-0.25, -0.2) is 0 Å². The van der Waals surface area contributed by atoms with E-state index in [0.717, 1.165) is 0 Å². The highest BCUT2D eigenvalue weighted by Crippen LogP contribution is 2.20. The van der Waals surface area contributed by atoms with Gasteiger partial charge < -0.3 is 14.8 Å². The van der Waals surface area contributed by atoms with E-state index in [-0.39, 0.29) is 21.8 Å². The van der Waals surface area contributed by atoms with Gasteiger partial charge in [0.2, 0.25) is 0 Å². The third kappa shape index (κ3) is 1.99. The van der Waals surface area contributed by atoms with Gasteiger partial charge in [0.25, 0.3) is 0 Å². The van der Waals surface area contributed by atoms with Crippen LogP contribution >= 0.6 is 11.6 Å². The molecule has 0 spiro atoms. The molecule has 0 aromatic heterocycles. The highest BCUT2D eigenvalue weighted by Gasteiger charge is 2.18. The van der Waals surface area contributed by atoms with Crippen LogP contribution in [0.4, 0.5) is 0 Å². The van der Waals surface area contributed by atoms with E-state index in [2.05, 4.69) is 0 Å². The first-order valence-corrected chi connectivity index (χ1v) is 4.11. The van der Waals surface area contributed by atoms with Gasteiger partial charge in [-0.2, -0.15) is 5.26 Å². The zero-order valence-electron chi connectivity index (χ0n) is 7.36. The second-order valence-corrected chi connectivity index (χ2v) is 2.97. The van der Waals surface area contributed by atoms with Crippen LogP contribution in [-0.2, 0) is 0 Å². The standard InChI is InChI=1S/C8H7BClNO3/c1-14-8-3-6(9(12)13)7(10)2-5(8)4-11/h2-3,12-13H,1H3. The zero-order chi connectivity index (χ0) is 10.7. The molecule has 14 heavy (non-hydrogen) atoms. The van der Waals surface area contributed by atoms with Crippen LogP contribution in [0.2, 0.25) is 5.02 Å². The summed E-state index contributed by atoms with van der Waals surface area (Å²) in [6, 6.07) is 4.53. The maximum Gasteiger partial charge on any atom is 0.490 e. The number of nitriles is 1. The molecular weight excluding hydrogens is 204 g/mol. The molecule has 0 aliphatic rings. The third-order valence-corrected chi connectivity index (χ3v) is 2.04. The molecule has 0 fully saturated rings. The van der Waals surface area contributed by atoms with Crippen LogP contribution < -0.4 is 10.2 Å². The number of nitrogens with zero attached hydrogens (tertiary/aromatic N) is 1. The minimum atomic E-state index is -1.68. The van der Waals surface area contributed by atoms with Crippen molar-refractivity contribution >= 4 is 24.2 Å². The monoisotopic (exact) mass is 211 g/mol. The van der Waals surface area contributed by atoms with Gasteiger partial charge in [-0.05, 0) is 12.1 Å². The third-order valence-electron chi connectivity index (χ3n) is 1.72. The summed E-state index contributed by atoms with van der Waals surface area (Å²) in [7, 11) is -0.290. The molecule has 0 unspecified atom stereocenters. The Kier molecular flexibility index (Phi) is 3.36. The average Bonchev–Trinajstić information content (AvgIpc) is 2.16. The van der Waals surface area contributed by atoms with Crippen LogP contribution in [0.5, 0.6) is 5.75 Å². The zero-order valence-corrected chi connectivity index (χ0v) is 8.12. The summed E-state index contributed by atoms with van der Waals surface area (Å²) in [5.74, 6) is 0.264. The molecule has 0 radical (unpaired) electrons. The van der Waals surface area contributed by atoms with Crippen molar-refractivity contribution in [2.45, 2.75) is 0 Å². The normalized spacial score (nSPS) is 9.36. The van der Waals surface area contributed by atoms with Gasteiger partial charge in [-0.1, -0.05) is 11.6 Å². The van der Waals surface area contributed by atoms with Crippen molar-refractivity contribution in [3.8, 4) is 11.8 Å². The van der Waals surface area contributed by atoms with Crippen molar-refractivity contribution in [2.24, 2.45) is 0 Å². The predicted octanol–water partition coefficient (Wildman–Crippen LogP) is -0.0999. The molecule has 1 aromatic rings. The van der Waals surface area contributed by atoms with Crippen molar-refractivity contribution in [1.82, 2.24) is 0 Å². The smallest absolute Gasteiger partial charge is 0.490 e. The number of halogens is 1. The molecule has 0 saturated heterocycles. The van der Waals surface area contributed by atoms with Gasteiger partial charge in [0.15, 0.2) is 0 Å². The molecular formula is C8H7BClNO3. The van der Waals surface area contributed by atoms with E-state index in [1.54, 1.807) is 0 Å². The van der Waals surface area contributed by atoms with Gasteiger partial charge in [0.1, 0.15) is 11.8 Å². The summed E-state index contributed by atoms with van der Waals surface area (Å²) >= 11 is 5.71. The fourth-order valence-electron chi connectivity index (χ4n) is 1.02. The van der Waals surface area contributed by atoms with Crippen molar-refractivity contribution in [3.05, 3.63) is 22.7 Å². The Morgan fingerprint density at radius 1 is 1.50 bits per heavy atom. The van der Waals surface area contributed by atoms with Gasteiger partial charge in [0, 0.05) is 10.5 Å². The molecule has 0 aliphatic carbocycles. The average molecular weight is 211 g/mol. The second-order valence-electron chi connectivity index (χ2n) is 2.56. The lowest BCUT2D eigenvalue weighted by Crippen LogP contribution is -2.31. The first kappa shape index (κ1) is 10.9. The number of rotatable bonds is 2. The van der Waals surface area contributed by atoms with Gasteiger partial charge >= 0.3 is 7.12 Å². The molecule has 0 amide bonds. The maximum absolute atomic E-state index is 8.92. The lowest BCUT2D eigenvalue weighted by atomic mass is 9.79. The molecule has 1 rings (SSSR count). The van der Waals surface area contributed by atoms with E-state index < -0.39 is 7.12 Å². The molecule has 2 N–H and O–H groups in total. The summed E-state index contributed by atoms with van der Waals surface area (Å²) in [6.45, 7) is 0. The minimum absolute atomic E-state index is 0.113. The lowest BCUT2D eigenvalue weighted by molar-refractivity contribution is 0.411. The van der Waals surface area contributed by atoms with Crippen LogP contribution in [0, 0.1) is 11.3 Å². The van der Waals surface area contributed by atoms with Gasteiger partial charge in [-0.15, -0.1) is 0 Å². The highest BCUT2D eigenvalue weighted by atomic mass is 35.5. The maximum atomic E-state index is 8.92. The summed E-state index contributed by atoms with van der Waals surface area (Å²) in [6.07, 6.45) is 0. The van der Waals surface area contributed by atoms with Gasteiger partial charge in [-0.3, -0.25) is 0 Å². The Morgan fingerprint density at radius 2 is 2.14 bits per heavy atom. The molecule has 1 aromatic carbocycles. The fourth-order valence-corrected chi connectivity index (χ4v) is 1.28. The van der Waals surface area contributed by atoms with Crippen LogP contribution in [0.3, 0.4) is 0 Å². The largest absolute Gasteiger partial charge is 0.495 e. The molecule has 4 nitrogen and oxygen atoms in total. The van der Waals surface area contributed by atoms with Crippen molar-refractivity contribution in [3.63, 3.8) is 0 Å². The molecule has 0 saturated carbocycles. The molecule has 0 atom stereocenters. The Labute approximate surface area is 86.5 Å². The second kappa shape index (κ2) is 4.33. The first-order chi connectivity index (χ1) is 6.60. The quantitative estimate of drug-likeness (QED) is 0.670. The number of ether oxygens (including phenoxy) is 1. The van der Waals surface area contributed by atoms with E-state index in [1.807, 2.05) is 6.07 Å². The Bertz CT molecular complexity index is 388. The van der Waals surface area contributed by atoms with Crippen molar-refractivity contribution in [2.75, 3.05) is 7.11 Å². The van der Waals surface area contributed by atoms with E-state index in [9.17, 15) is 0 Å². The Morgan fingerprint density at radius 3 is 2.57 bits per heavy atom. The fraction of sp³-hybridized carbons (Fsp3) is 0.125. The van der Waals surface area contributed by atoms with Crippen molar-refractivity contribution < 1.29 is 14.8 Å². The molecule has 0 aliphatic heterocycles. The lowest BCUT2D eigenvalue weighted by Gasteiger charge is -2.07. The molecule has 72 valence electrons. The van der Waals surface area contributed by atoms with E-state index in [4.69, 9.17) is 31.6 Å². The first-order valence-electron chi connectivity index (χ1n) is 3.73. The topological polar surface area (TPSA) is 73.5 Å². The highest BCUT2D eigenvalue weighted by molar-refractivity contribution is 6.62. The molecule has 0 heterocycles. The molecule has 6 heteroatoms. The van der Waals surface area contributed by atoms with Crippen molar-refractivity contribution in [1.29, 1.82) is 5.26 Å². The summed E-state index contributed by atoms with van der Waals surface area (Å²) in [5, 5.41) is 26.7. The summed E-state index contributed by atoms with van der Waals surface area (Å²) in [5.41, 5.74) is 0.365. The van der Waals surface area contributed by atoms with E-state index in [1.165, 1.54) is 19.2 Å².